The number of thiophene rings is 1. The first kappa shape index (κ1) is 15.7. The zero-order valence-electron chi connectivity index (χ0n) is 9.28. The van der Waals surface area contributed by atoms with Crippen molar-refractivity contribution in [3.05, 3.63) is 14.9 Å². The fourth-order valence-electron chi connectivity index (χ4n) is 1.09. The van der Waals surface area contributed by atoms with Crippen LogP contribution in [0.5, 0.6) is 0 Å². The molecule has 0 radical (unpaired) electrons. The molecule has 0 aliphatic rings. The maximum atomic E-state index is 12.1. The van der Waals surface area contributed by atoms with Crippen molar-refractivity contribution in [2.75, 3.05) is 13.6 Å². The van der Waals surface area contributed by atoms with E-state index in [2.05, 4.69) is 15.9 Å². The van der Waals surface area contributed by atoms with Crippen LogP contribution in [0, 0.1) is 0 Å². The number of halogens is 3. The summed E-state index contributed by atoms with van der Waals surface area (Å²) >= 11 is 15.9. The Morgan fingerprint density at radius 3 is 2.59 bits per heavy atom. The van der Waals surface area contributed by atoms with Crippen LogP contribution in [0.2, 0.25) is 5.02 Å². The average Bonchev–Trinajstić information content (AvgIpc) is 2.56. The van der Waals surface area contributed by atoms with Crippen molar-refractivity contribution >= 4 is 60.5 Å². The first-order valence-electron chi connectivity index (χ1n) is 4.80. The molecule has 1 aromatic heterocycles. The van der Waals surface area contributed by atoms with Gasteiger partial charge in [0.1, 0.15) is 4.21 Å². The summed E-state index contributed by atoms with van der Waals surface area (Å²) < 4.78 is 26.4. The van der Waals surface area contributed by atoms with Crippen LogP contribution in [0.25, 0.3) is 0 Å². The van der Waals surface area contributed by atoms with E-state index in [0.717, 1.165) is 11.3 Å². The van der Waals surface area contributed by atoms with E-state index in [4.69, 9.17) is 23.2 Å². The van der Waals surface area contributed by atoms with Crippen molar-refractivity contribution in [1.82, 2.24) is 4.31 Å². The molecular formula is C9H12BrCl2NO2S2. The number of sulfonamides is 1. The van der Waals surface area contributed by atoms with Crippen molar-refractivity contribution in [2.24, 2.45) is 0 Å². The minimum absolute atomic E-state index is 0.0497. The van der Waals surface area contributed by atoms with E-state index in [1.54, 1.807) is 0 Å². The quantitative estimate of drug-likeness (QED) is 0.728. The summed E-state index contributed by atoms with van der Waals surface area (Å²) in [7, 11) is -1.92. The lowest BCUT2D eigenvalue weighted by molar-refractivity contribution is 0.462. The highest BCUT2D eigenvalue weighted by atomic mass is 79.9. The maximum Gasteiger partial charge on any atom is 0.252 e. The summed E-state index contributed by atoms with van der Waals surface area (Å²) in [5, 5.41) is 0.360. The average molecular weight is 381 g/mol. The van der Waals surface area contributed by atoms with Crippen molar-refractivity contribution in [3.8, 4) is 0 Å². The molecule has 0 N–H and O–H groups in total. The SMILES string of the molecule is CC(Cl)CCN(C)S(=O)(=O)c1cc(Cl)c(Br)s1. The number of rotatable bonds is 5. The predicted octanol–water partition coefficient (Wildman–Crippen LogP) is 3.80. The van der Waals surface area contributed by atoms with Crippen LogP contribution in [-0.4, -0.2) is 31.7 Å². The molecule has 1 heterocycles. The van der Waals surface area contributed by atoms with Crippen molar-refractivity contribution < 1.29 is 8.42 Å². The highest BCUT2D eigenvalue weighted by Crippen LogP contribution is 2.35. The van der Waals surface area contributed by atoms with Gasteiger partial charge in [-0.1, -0.05) is 11.6 Å². The van der Waals surface area contributed by atoms with Crippen LogP contribution in [0.1, 0.15) is 13.3 Å². The van der Waals surface area contributed by atoms with Crippen LogP contribution in [0.15, 0.2) is 14.1 Å². The molecule has 17 heavy (non-hydrogen) atoms. The fourth-order valence-corrected chi connectivity index (χ4v) is 4.98. The Kier molecular flexibility index (Phi) is 5.75. The smallest absolute Gasteiger partial charge is 0.206 e. The Morgan fingerprint density at radius 2 is 2.18 bits per heavy atom. The molecule has 0 fully saturated rings. The Hall–Kier alpha value is 0.670. The van der Waals surface area contributed by atoms with E-state index in [0.29, 0.717) is 21.8 Å². The molecule has 3 nitrogen and oxygen atoms in total. The first-order chi connectivity index (χ1) is 7.75. The van der Waals surface area contributed by atoms with Crippen molar-refractivity contribution in [2.45, 2.75) is 22.9 Å². The summed E-state index contributed by atoms with van der Waals surface area (Å²) in [4.78, 5) is 0. The fraction of sp³-hybridized carbons (Fsp3) is 0.556. The molecule has 1 aromatic rings. The lowest BCUT2D eigenvalue weighted by Gasteiger charge is -2.16. The van der Waals surface area contributed by atoms with Crippen LogP contribution in [-0.2, 0) is 10.0 Å². The van der Waals surface area contributed by atoms with E-state index < -0.39 is 10.0 Å². The zero-order chi connectivity index (χ0) is 13.2. The Bertz CT molecular complexity index is 468. The molecule has 0 saturated heterocycles. The van der Waals surface area contributed by atoms with Crippen molar-refractivity contribution in [1.29, 1.82) is 0 Å². The molecule has 1 unspecified atom stereocenters. The molecule has 0 aliphatic heterocycles. The monoisotopic (exact) mass is 379 g/mol. The number of alkyl halides is 1. The van der Waals surface area contributed by atoms with Gasteiger partial charge < -0.3 is 0 Å². The van der Waals surface area contributed by atoms with Gasteiger partial charge in [-0.05, 0) is 35.3 Å². The molecule has 0 aromatic carbocycles. The topological polar surface area (TPSA) is 37.4 Å². The van der Waals surface area contributed by atoms with E-state index in [9.17, 15) is 8.42 Å². The van der Waals surface area contributed by atoms with Gasteiger partial charge in [-0.2, -0.15) is 0 Å². The molecule has 0 saturated carbocycles. The summed E-state index contributed by atoms with van der Waals surface area (Å²) in [5.74, 6) is 0. The highest BCUT2D eigenvalue weighted by Gasteiger charge is 2.24. The molecule has 0 aliphatic carbocycles. The normalized spacial score (nSPS) is 14.2. The van der Waals surface area contributed by atoms with E-state index in [-0.39, 0.29) is 9.59 Å². The van der Waals surface area contributed by atoms with Crippen LogP contribution >= 0.6 is 50.5 Å². The van der Waals surface area contributed by atoms with Gasteiger partial charge in [-0.15, -0.1) is 22.9 Å². The summed E-state index contributed by atoms with van der Waals surface area (Å²) in [6, 6.07) is 1.45. The third-order valence-electron chi connectivity index (χ3n) is 2.13. The maximum absolute atomic E-state index is 12.1. The van der Waals surface area contributed by atoms with Gasteiger partial charge in [0.2, 0.25) is 0 Å². The molecule has 0 amide bonds. The minimum atomic E-state index is -3.46. The molecule has 8 heteroatoms. The highest BCUT2D eigenvalue weighted by molar-refractivity contribution is 9.11. The Labute approximate surface area is 124 Å². The first-order valence-corrected chi connectivity index (χ1v) is 8.66. The van der Waals surface area contributed by atoms with Gasteiger partial charge in [0, 0.05) is 19.0 Å². The second kappa shape index (κ2) is 6.21. The van der Waals surface area contributed by atoms with E-state index in [1.165, 1.54) is 17.4 Å². The van der Waals surface area contributed by atoms with Gasteiger partial charge >= 0.3 is 0 Å². The molecule has 98 valence electrons. The van der Waals surface area contributed by atoms with Gasteiger partial charge in [0.05, 0.1) is 8.81 Å². The summed E-state index contributed by atoms with van der Waals surface area (Å²) in [5.41, 5.74) is 0. The second-order valence-electron chi connectivity index (χ2n) is 3.58. The van der Waals surface area contributed by atoms with Gasteiger partial charge in [-0.25, -0.2) is 12.7 Å². The standard InChI is InChI=1S/C9H12BrCl2NO2S2/c1-6(11)3-4-13(2)17(14,15)8-5-7(12)9(10)16-8/h5-6H,3-4H2,1-2H3. The second-order valence-corrected chi connectivity index (χ2v) is 9.38. The summed E-state index contributed by atoms with van der Waals surface area (Å²) in [6.07, 6.45) is 0.609. The van der Waals surface area contributed by atoms with Gasteiger partial charge in [0.25, 0.3) is 10.0 Å². The predicted molar refractivity (Wildman–Crippen MR) is 76.8 cm³/mol. The Balaban J connectivity index is 2.87. The summed E-state index contributed by atoms with van der Waals surface area (Å²) in [6.45, 7) is 2.22. The van der Waals surface area contributed by atoms with Gasteiger partial charge in [-0.3, -0.25) is 0 Å². The zero-order valence-corrected chi connectivity index (χ0v) is 14.0. The molecule has 1 rings (SSSR count). The number of hydrogen-bond donors (Lipinski definition) is 0. The van der Waals surface area contributed by atoms with Crippen LogP contribution in [0.3, 0.4) is 0 Å². The number of nitrogens with zero attached hydrogens (tertiary/aromatic N) is 1. The minimum Gasteiger partial charge on any atom is -0.206 e. The largest absolute Gasteiger partial charge is 0.252 e. The third-order valence-corrected chi connectivity index (χ3v) is 7.13. The molecule has 0 bridgehead atoms. The lowest BCUT2D eigenvalue weighted by Crippen LogP contribution is -2.28. The van der Waals surface area contributed by atoms with E-state index >= 15 is 0 Å². The molecular weight excluding hydrogens is 369 g/mol. The third kappa shape index (κ3) is 4.08. The lowest BCUT2D eigenvalue weighted by atomic mass is 10.3. The van der Waals surface area contributed by atoms with Crippen LogP contribution in [0.4, 0.5) is 0 Å². The Morgan fingerprint density at radius 1 is 1.59 bits per heavy atom. The van der Waals surface area contributed by atoms with Crippen LogP contribution < -0.4 is 0 Å². The van der Waals surface area contributed by atoms with Gasteiger partial charge in [0.15, 0.2) is 0 Å². The van der Waals surface area contributed by atoms with Crippen molar-refractivity contribution in [3.63, 3.8) is 0 Å². The van der Waals surface area contributed by atoms with E-state index in [1.807, 2.05) is 6.92 Å². The molecule has 1 atom stereocenters. The number of hydrogen-bond acceptors (Lipinski definition) is 3. The molecule has 0 spiro atoms.